The van der Waals surface area contributed by atoms with E-state index in [1.54, 1.807) is 12.1 Å². The Kier molecular flexibility index (Phi) is 4.95. The van der Waals surface area contributed by atoms with E-state index in [-0.39, 0.29) is 23.6 Å². The van der Waals surface area contributed by atoms with Gasteiger partial charge in [-0.05, 0) is 35.2 Å². The van der Waals surface area contributed by atoms with Gasteiger partial charge in [0.1, 0.15) is 6.04 Å². The van der Waals surface area contributed by atoms with E-state index in [9.17, 15) is 14.4 Å². The van der Waals surface area contributed by atoms with Crippen LogP contribution in [0.5, 0.6) is 0 Å². The number of halogens is 1. The van der Waals surface area contributed by atoms with Gasteiger partial charge in [0.2, 0.25) is 11.8 Å². The predicted octanol–water partition coefficient (Wildman–Crippen LogP) is 5.88. The summed E-state index contributed by atoms with van der Waals surface area (Å²) in [4.78, 5) is 45.7. The van der Waals surface area contributed by atoms with Crippen LogP contribution in [-0.4, -0.2) is 29.7 Å². The minimum absolute atomic E-state index is 0.156. The summed E-state index contributed by atoms with van der Waals surface area (Å²) >= 11 is 3.43. The summed E-state index contributed by atoms with van der Waals surface area (Å²) in [5.74, 6) is -2.17. The molecule has 37 heavy (non-hydrogen) atoms. The van der Waals surface area contributed by atoms with Crippen molar-refractivity contribution < 1.29 is 14.4 Å². The Morgan fingerprint density at radius 2 is 1.41 bits per heavy atom. The first kappa shape index (κ1) is 22.2. The van der Waals surface area contributed by atoms with Crippen molar-refractivity contribution >= 4 is 61.8 Å². The van der Waals surface area contributed by atoms with E-state index < -0.39 is 17.9 Å². The summed E-state index contributed by atoms with van der Waals surface area (Å²) < 4.78 is 0.867. The Balaban J connectivity index is 1.39. The Morgan fingerprint density at radius 3 is 2.24 bits per heavy atom. The molecule has 0 radical (unpaired) electrons. The van der Waals surface area contributed by atoms with E-state index in [4.69, 9.17) is 0 Å². The van der Waals surface area contributed by atoms with Gasteiger partial charge >= 0.3 is 0 Å². The van der Waals surface area contributed by atoms with Crippen LogP contribution in [0.4, 0.5) is 11.4 Å². The summed E-state index contributed by atoms with van der Waals surface area (Å²) in [5, 5.41) is 1.79. The number of Topliss-reactive ketones (excluding diaryl/α,β-unsaturated/α-hetero) is 1. The van der Waals surface area contributed by atoms with Crippen LogP contribution in [0.3, 0.4) is 0 Å². The molecule has 180 valence electrons. The molecule has 3 aliphatic heterocycles. The molecule has 0 bridgehead atoms. The van der Waals surface area contributed by atoms with Gasteiger partial charge in [-0.2, -0.15) is 0 Å². The highest BCUT2D eigenvalue weighted by Gasteiger charge is 2.64. The topological polar surface area (TPSA) is 57.7 Å². The fourth-order valence-electron chi connectivity index (χ4n) is 6.24. The zero-order chi connectivity index (χ0) is 25.3. The predicted molar refractivity (Wildman–Crippen MR) is 147 cm³/mol. The monoisotopic (exact) mass is 548 g/mol. The number of imide groups is 1. The van der Waals surface area contributed by atoms with Gasteiger partial charge in [-0.15, -0.1) is 0 Å². The number of fused-ring (bicyclic) bond motifs is 6. The lowest BCUT2D eigenvalue weighted by molar-refractivity contribution is -0.122. The van der Waals surface area contributed by atoms with Gasteiger partial charge in [-0.1, -0.05) is 94.8 Å². The number of nitrogens with zero attached hydrogens (tertiary/aromatic N) is 2. The average molecular weight is 549 g/mol. The number of para-hydroxylation sites is 1. The highest BCUT2D eigenvalue weighted by atomic mass is 79.9. The Morgan fingerprint density at radius 1 is 0.730 bits per heavy atom. The number of hydrogen-bond donors (Lipinski definition) is 0. The van der Waals surface area contributed by atoms with Crippen LogP contribution in [0.2, 0.25) is 0 Å². The summed E-state index contributed by atoms with van der Waals surface area (Å²) in [6.45, 7) is 0. The van der Waals surface area contributed by atoms with Gasteiger partial charge in [-0.25, -0.2) is 4.90 Å². The molecule has 0 aromatic heterocycles. The molecule has 4 aromatic rings. The van der Waals surface area contributed by atoms with Gasteiger partial charge in [0.15, 0.2) is 5.78 Å². The number of amides is 2. The van der Waals surface area contributed by atoms with E-state index in [0.717, 1.165) is 26.5 Å². The maximum absolute atomic E-state index is 14.2. The highest BCUT2D eigenvalue weighted by Crippen LogP contribution is 2.50. The molecule has 2 saturated heterocycles. The number of anilines is 2. The van der Waals surface area contributed by atoms with Crippen LogP contribution >= 0.6 is 15.9 Å². The summed E-state index contributed by atoms with van der Waals surface area (Å²) in [6, 6.07) is 27.2. The summed E-state index contributed by atoms with van der Waals surface area (Å²) in [5.41, 5.74) is 2.93. The average Bonchev–Trinajstić information content (AvgIpc) is 3.41. The molecule has 3 heterocycles. The number of ketones is 1. The second-order valence-electron chi connectivity index (χ2n) is 9.69. The second kappa shape index (κ2) is 8.25. The van der Waals surface area contributed by atoms with Crippen LogP contribution < -0.4 is 9.80 Å². The first-order valence-electron chi connectivity index (χ1n) is 12.3. The van der Waals surface area contributed by atoms with Crippen molar-refractivity contribution in [2.45, 2.75) is 12.1 Å². The number of hydrogen-bond acceptors (Lipinski definition) is 4. The molecule has 5 nitrogen and oxygen atoms in total. The molecule has 0 spiro atoms. The SMILES string of the molecule is O=C(c1ccc(Br)cc1)[C@@H]1[C@@H]2C(=O)N(c3cccc4ccccc34)C(=O)[C@@H]2[C@@H]2C=Cc3ccccc3N12. The minimum atomic E-state index is -0.793. The van der Waals surface area contributed by atoms with Crippen molar-refractivity contribution in [1.29, 1.82) is 0 Å². The number of carbonyl (C=O) groups excluding carboxylic acids is 3. The molecule has 0 saturated carbocycles. The molecule has 4 atom stereocenters. The van der Waals surface area contributed by atoms with Crippen LogP contribution in [0, 0.1) is 11.8 Å². The van der Waals surface area contributed by atoms with Gasteiger partial charge in [0, 0.05) is 21.1 Å². The van der Waals surface area contributed by atoms with E-state index in [1.807, 2.05) is 95.9 Å². The van der Waals surface area contributed by atoms with Crippen molar-refractivity contribution in [3.63, 3.8) is 0 Å². The molecule has 2 fully saturated rings. The lowest BCUT2D eigenvalue weighted by atomic mass is 9.86. The van der Waals surface area contributed by atoms with Crippen molar-refractivity contribution in [2.24, 2.45) is 11.8 Å². The molecular weight excluding hydrogens is 528 g/mol. The first-order valence-corrected chi connectivity index (χ1v) is 13.0. The van der Waals surface area contributed by atoms with Crippen molar-refractivity contribution in [3.05, 3.63) is 113 Å². The third kappa shape index (κ3) is 3.18. The molecule has 7 rings (SSSR count). The molecular formula is C31H21BrN2O3. The number of carbonyl (C=O) groups is 3. The molecule has 0 aliphatic carbocycles. The minimum Gasteiger partial charge on any atom is -0.352 e. The van der Waals surface area contributed by atoms with Crippen molar-refractivity contribution in [2.75, 3.05) is 9.80 Å². The Hall–Kier alpha value is -4.03. The third-order valence-electron chi connectivity index (χ3n) is 7.82. The van der Waals surface area contributed by atoms with E-state index in [2.05, 4.69) is 15.9 Å². The van der Waals surface area contributed by atoms with Crippen LogP contribution in [0.25, 0.3) is 16.8 Å². The zero-order valence-electron chi connectivity index (χ0n) is 19.6. The van der Waals surface area contributed by atoms with E-state index >= 15 is 0 Å². The summed E-state index contributed by atoms with van der Waals surface area (Å²) in [6.07, 6.45) is 3.98. The first-order chi connectivity index (χ1) is 18.0. The Bertz CT molecular complexity index is 1640. The largest absolute Gasteiger partial charge is 0.352 e. The maximum Gasteiger partial charge on any atom is 0.240 e. The van der Waals surface area contributed by atoms with Crippen LogP contribution in [0.15, 0.2) is 102 Å². The van der Waals surface area contributed by atoms with Gasteiger partial charge in [-0.3, -0.25) is 14.4 Å². The van der Waals surface area contributed by atoms with Gasteiger partial charge in [0.05, 0.1) is 23.6 Å². The number of rotatable bonds is 3. The standard InChI is InChI=1S/C31H21BrN2O3/c32-21-15-12-20(13-16-21)29(35)28-27-26(25-17-14-19-7-2-4-10-23(19)33(25)28)30(36)34(31(27)37)24-11-5-8-18-6-1-3-9-22(18)24/h1-17,25-28H/t25-,26+,27+,28-/m0/s1. The van der Waals surface area contributed by atoms with E-state index in [0.29, 0.717) is 11.3 Å². The lowest BCUT2D eigenvalue weighted by Gasteiger charge is -2.36. The molecule has 3 aliphatic rings. The second-order valence-corrected chi connectivity index (χ2v) is 10.6. The third-order valence-corrected chi connectivity index (χ3v) is 8.35. The molecule has 4 aromatic carbocycles. The fraction of sp³-hybridized carbons (Fsp3) is 0.129. The van der Waals surface area contributed by atoms with Crippen LogP contribution in [0.1, 0.15) is 15.9 Å². The normalized spacial score (nSPS) is 23.8. The Labute approximate surface area is 222 Å². The molecule has 0 N–H and O–H groups in total. The smallest absolute Gasteiger partial charge is 0.240 e. The molecule has 6 heteroatoms. The lowest BCUT2D eigenvalue weighted by Crippen LogP contribution is -2.48. The van der Waals surface area contributed by atoms with E-state index in [1.165, 1.54) is 4.90 Å². The fourth-order valence-corrected chi connectivity index (χ4v) is 6.50. The van der Waals surface area contributed by atoms with Crippen LogP contribution in [-0.2, 0) is 9.59 Å². The zero-order valence-corrected chi connectivity index (χ0v) is 21.2. The number of benzene rings is 4. The van der Waals surface area contributed by atoms with Crippen molar-refractivity contribution in [1.82, 2.24) is 0 Å². The molecule has 2 amide bonds. The van der Waals surface area contributed by atoms with Gasteiger partial charge < -0.3 is 4.90 Å². The van der Waals surface area contributed by atoms with Crippen molar-refractivity contribution in [3.8, 4) is 0 Å². The van der Waals surface area contributed by atoms with Gasteiger partial charge in [0.25, 0.3) is 0 Å². The maximum atomic E-state index is 14.2. The molecule has 0 unspecified atom stereocenters. The highest BCUT2D eigenvalue weighted by molar-refractivity contribution is 9.10. The summed E-state index contributed by atoms with van der Waals surface area (Å²) in [7, 11) is 0. The quantitative estimate of drug-likeness (QED) is 0.237.